The molecular weight excluding hydrogens is 170 g/mol. The number of hydrogen-bond acceptors (Lipinski definition) is 3. The average Bonchev–Trinajstić information content (AvgIpc) is 2.28. The van der Waals surface area contributed by atoms with Gasteiger partial charge in [-0.25, -0.2) is 9.55 Å². The standard InChI is InChI=1S/C8H13N3O2/c1-8(2,3)7-9-5-6(10(7)4)11(12)13/h5H,1-4H3. The van der Waals surface area contributed by atoms with E-state index >= 15 is 0 Å². The normalized spacial score (nSPS) is 11.7. The molecule has 0 N–H and O–H groups in total. The molecule has 13 heavy (non-hydrogen) atoms. The molecule has 0 saturated heterocycles. The van der Waals surface area contributed by atoms with Gasteiger partial charge in [0.25, 0.3) is 0 Å². The summed E-state index contributed by atoms with van der Waals surface area (Å²) < 4.78 is 1.51. The minimum Gasteiger partial charge on any atom is -0.358 e. The Morgan fingerprint density at radius 2 is 2.08 bits per heavy atom. The molecule has 0 fully saturated rings. The van der Waals surface area contributed by atoms with Crippen LogP contribution in [0.3, 0.4) is 0 Å². The van der Waals surface area contributed by atoms with Crippen LogP contribution in [0.1, 0.15) is 26.6 Å². The summed E-state index contributed by atoms with van der Waals surface area (Å²) in [4.78, 5) is 14.1. The van der Waals surface area contributed by atoms with Crippen LogP contribution in [-0.2, 0) is 12.5 Å². The van der Waals surface area contributed by atoms with Crippen LogP contribution in [0.25, 0.3) is 0 Å². The molecule has 1 heterocycles. The van der Waals surface area contributed by atoms with Crippen molar-refractivity contribution in [1.29, 1.82) is 0 Å². The van der Waals surface area contributed by atoms with E-state index in [9.17, 15) is 10.1 Å². The molecule has 0 aliphatic rings. The van der Waals surface area contributed by atoms with Crippen LogP contribution in [0, 0.1) is 10.1 Å². The highest BCUT2D eigenvalue weighted by atomic mass is 16.6. The van der Waals surface area contributed by atoms with E-state index in [0.29, 0.717) is 0 Å². The van der Waals surface area contributed by atoms with Gasteiger partial charge >= 0.3 is 5.82 Å². The van der Waals surface area contributed by atoms with Crippen molar-refractivity contribution in [3.05, 3.63) is 22.1 Å². The molecule has 1 aromatic rings. The van der Waals surface area contributed by atoms with Crippen molar-refractivity contribution in [1.82, 2.24) is 9.55 Å². The Morgan fingerprint density at radius 3 is 2.31 bits per heavy atom. The summed E-state index contributed by atoms with van der Waals surface area (Å²) in [6.45, 7) is 5.91. The van der Waals surface area contributed by atoms with Gasteiger partial charge in [-0.3, -0.25) is 0 Å². The molecule has 1 aromatic heterocycles. The first-order valence-corrected chi connectivity index (χ1v) is 4.00. The Morgan fingerprint density at radius 1 is 1.54 bits per heavy atom. The highest BCUT2D eigenvalue weighted by Gasteiger charge is 2.26. The molecule has 1 rings (SSSR count). The Bertz CT molecular complexity index is 336. The van der Waals surface area contributed by atoms with Crippen molar-refractivity contribution in [3.63, 3.8) is 0 Å². The Hall–Kier alpha value is -1.39. The summed E-state index contributed by atoms with van der Waals surface area (Å²) in [5.41, 5.74) is -0.164. The van der Waals surface area contributed by atoms with Crippen molar-refractivity contribution in [2.75, 3.05) is 0 Å². The lowest BCUT2D eigenvalue weighted by Crippen LogP contribution is -2.17. The Kier molecular flexibility index (Phi) is 2.11. The average molecular weight is 183 g/mol. The zero-order valence-electron chi connectivity index (χ0n) is 8.24. The van der Waals surface area contributed by atoms with Gasteiger partial charge in [0.2, 0.25) is 5.82 Å². The zero-order valence-corrected chi connectivity index (χ0v) is 8.24. The summed E-state index contributed by atoms with van der Waals surface area (Å²) in [6, 6.07) is 0. The monoisotopic (exact) mass is 183 g/mol. The smallest absolute Gasteiger partial charge is 0.342 e. The van der Waals surface area contributed by atoms with Crippen LogP contribution >= 0.6 is 0 Å². The van der Waals surface area contributed by atoms with E-state index in [2.05, 4.69) is 4.98 Å². The van der Waals surface area contributed by atoms with Crippen LogP contribution in [0.2, 0.25) is 0 Å². The van der Waals surface area contributed by atoms with Gasteiger partial charge in [-0.2, -0.15) is 0 Å². The van der Waals surface area contributed by atoms with Crippen molar-refractivity contribution in [2.45, 2.75) is 26.2 Å². The minimum atomic E-state index is -0.428. The third-order valence-corrected chi connectivity index (χ3v) is 1.82. The van der Waals surface area contributed by atoms with Gasteiger partial charge in [-0.1, -0.05) is 20.8 Å². The fourth-order valence-electron chi connectivity index (χ4n) is 1.27. The lowest BCUT2D eigenvalue weighted by Gasteiger charge is -2.13. The largest absolute Gasteiger partial charge is 0.358 e. The summed E-state index contributed by atoms with van der Waals surface area (Å²) in [5, 5.41) is 10.5. The van der Waals surface area contributed by atoms with Crippen LogP contribution in [0.15, 0.2) is 6.20 Å². The molecule has 0 amide bonds. The van der Waals surface area contributed by atoms with Crippen LogP contribution < -0.4 is 0 Å². The molecule has 5 nitrogen and oxygen atoms in total. The second kappa shape index (κ2) is 2.83. The molecule has 0 aliphatic carbocycles. The fraction of sp³-hybridized carbons (Fsp3) is 0.625. The van der Waals surface area contributed by atoms with Gasteiger partial charge in [0.1, 0.15) is 6.20 Å². The third kappa shape index (κ3) is 1.68. The van der Waals surface area contributed by atoms with Crippen LogP contribution in [0.4, 0.5) is 5.82 Å². The second-order valence-corrected chi connectivity index (χ2v) is 4.01. The van der Waals surface area contributed by atoms with Gasteiger partial charge in [-0.05, 0) is 4.92 Å². The summed E-state index contributed by atoms with van der Waals surface area (Å²) >= 11 is 0. The fourth-order valence-corrected chi connectivity index (χ4v) is 1.27. The lowest BCUT2D eigenvalue weighted by atomic mass is 9.96. The maximum atomic E-state index is 10.5. The third-order valence-electron chi connectivity index (χ3n) is 1.82. The topological polar surface area (TPSA) is 61.0 Å². The van der Waals surface area contributed by atoms with Gasteiger partial charge in [-0.15, -0.1) is 0 Å². The SMILES string of the molecule is Cn1c([N+](=O)[O-])cnc1C(C)(C)C. The van der Waals surface area contributed by atoms with Gasteiger partial charge in [0, 0.05) is 5.41 Å². The van der Waals surface area contributed by atoms with Crippen LogP contribution in [0.5, 0.6) is 0 Å². The second-order valence-electron chi connectivity index (χ2n) is 4.01. The predicted octanol–water partition coefficient (Wildman–Crippen LogP) is 1.63. The first-order valence-electron chi connectivity index (χ1n) is 4.00. The molecule has 0 radical (unpaired) electrons. The molecule has 0 spiro atoms. The molecule has 0 atom stereocenters. The maximum absolute atomic E-state index is 10.5. The minimum absolute atomic E-state index is 0.0323. The quantitative estimate of drug-likeness (QED) is 0.491. The van der Waals surface area contributed by atoms with E-state index in [0.717, 1.165) is 5.82 Å². The first-order chi connectivity index (χ1) is 5.84. The Labute approximate surface area is 76.5 Å². The van der Waals surface area contributed by atoms with Gasteiger partial charge in [0.15, 0.2) is 0 Å². The van der Waals surface area contributed by atoms with E-state index in [1.807, 2.05) is 20.8 Å². The summed E-state index contributed by atoms with van der Waals surface area (Å²) in [6.07, 6.45) is 1.29. The van der Waals surface area contributed by atoms with Gasteiger partial charge < -0.3 is 10.1 Å². The molecule has 0 unspecified atom stereocenters. The molecular formula is C8H13N3O2. The number of imidazole rings is 1. The van der Waals surface area contributed by atoms with E-state index in [1.165, 1.54) is 10.8 Å². The molecule has 0 bridgehead atoms. The van der Waals surface area contributed by atoms with Crippen molar-refractivity contribution < 1.29 is 4.92 Å². The molecule has 0 aromatic carbocycles. The highest BCUT2D eigenvalue weighted by molar-refractivity contribution is 5.21. The molecule has 0 aliphatic heterocycles. The summed E-state index contributed by atoms with van der Waals surface area (Å²) in [7, 11) is 1.66. The van der Waals surface area contributed by atoms with Crippen LogP contribution in [-0.4, -0.2) is 14.5 Å². The van der Waals surface area contributed by atoms with Crippen molar-refractivity contribution >= 4 is 5.82 Å². The van der Waals surface area contributed by atoms with E-state index in [1.54, 1.807) is 7.05 Å². The van der Waals surface area contributed by atoms with Crippen molar-refractivity contribution in [2.24, 2.45) is 7.05 Å². The Balaban J connectivity index is 3.22. The van der Waals surface area contributed by atoms with E-state index in [-0.39, 0.29) is 11.2 Å². The number of nitro groups is 1. The van der Waals surface area contributed by atoms with Crippen molar-refractivity contribution in [3.8, 4) is 0 Å². The predicted molar refractivity (Wildman–Crippen MR) is 48.6 cm³/mol. The van der Waals surface area contributed by atoms with Gasteiger partial charge in [0.05, 0.1) is 7.05 Å². The highest BCUT2D eigenvalue weighted by Crippen LogP contribution is 2.23. The number of rotatable bonds is 1. The summed E-state index contributed by atoms with van der Waals surface area (Å²) in [5.74, 6) is 0.754. The lowest BCUT2D eigenvalue weighted by molar-refractivity contribution is -0.391. The number of hydrogen-bond donors (Lipinski definition) is 0. The van der Waals surface area contributed by atoms with E-state index < -0.39 is 4.92 Å². The maximum Gasteiger partial charge on any atom is 0.342 e. The molecule has 0 saturated carbocycles. The molecule has 72 valence electrons. The molecule has 5 heteroatoms. The first kappa shape index (κ1) is 9.70. The zero-order chi connectivity index (χ0) is 10.2. The number of nitrogens with zero attached hydrogens (tertiary/aromatic N) is 3. The van der Waals surface area contributed by atoms with E-state index in [4.69, 9.17) is 0 Å². The number of aromatic nitrogens is 2.